The van der Waals surface area contributed by atoms with Crippen molar-refractivity contribution in [2.24, 2.45) is 5.92 Å². The predicted molar refractivity (Wildman–Crippen MR) is 126 cm³/mol. The number of esters is 1. The lowest BCUT2D eigenvalue weighted by atomic mass is 9.75. The highest BCUT2D eigenvalue weighted by Crippen LogP contribution is 2.51. The van der Waals surface area contributed by atoms with Crippen molar-refractivity contribution in [3.05, 3.63) is 48.6 Å². The van der Waals surface area contributed by atoms with Crippen LogP contribution >= 0.6 is 0 Å². The van der Waals surface area contributed by atoms with E-state index in [9.17, 15) is 4.79 Å². The Labute approximate surface area is 192 Å². The molecule has 2 aliphatic rings. The highest BCUT2D eigenvalue weighted by Gasteiger charge is 2.60. The van der Waals surface area contributed by atoms with Gasteiger partial charge in [-0.3, -0.25) is 4.79 Å². The molecule has 1 heterocycles. The van der Waals surface area contributed by atoms with Gasteiger partial charge in [0.05, 0.1) is 17.8 Å². The molecule has 3 rings (SSSR count). The number of rotatable bonds is 11. The summed E-state index contributed by atoms with van der Waals surface area (Å²) in [5.74, 6) is 0.725. The minimum atomic E-state index is -0.250. The van der Waals surface area contributed by atoms with E-state index in [1.165, 1.54) is 5.57 Å². The van der Waals surface area contributed by atoms with E-state index < -0.39 is 0 Å². The molecule has 5 atom stereocenters. The lowest BCUT2D eigenvalue weighted by Crippen LogP contribution is -2.43. The van der Waals surface area contributed by atoms with Crippen molar-refractivity contribution in [1.82, 2.24) is 0 Å². The fraction of sp³-hybridized carbons (Fsp3) is 0.577. The van der Waals surface area contributed by atoms with E-state index in [2.05, 4.69) is 38.7 Å². The molecule has 0 spiro atoms. The van der Waals surface area contributed by atoms with E-state index in [0.29, 0.717) is 6.61 Å². The number of ether oxygens (including phenoxy) is 4. The second-order valence-corrected chi connectivity index (χ2v) is 9.09. The van der Waals surface area contributed by atoms with Crippen molar-refractivity contribution in [2.75, 3.05) is 25.6 Å². The van der Waals surface area contributed by atoms with Crippen molar-refractivity contribution >= 4 is 11.7 Å². The molecule has 0 amide bonds. The Hall–Kier alpha value is -2.31. The number of hydrogen-bond donors (Lipinski definition) is 1. The fourth-order valence-electron chi connectivity index (χ4n) is 4.55. The average Bonchev–Trinajstić information content (AvgIpc) is 3.46. The van der Waals surface area contributed by atoms with Gasteiger partial charge in [-0.15, -0.1) is 0 Å². The first kappa shape index (κ1) is 24.3. The Morgan fingerprint density at radius 3 is 2.69 bits per heavy atom. The molecule has 0 unspecified atom stereocenters. The van der Waals surface area contributed by atoms with E-state index in [-0.39, 0.29) is 42.3 Å². The van der Waals surface area contributed by atoms with Crippen LogP contribution in [0, 0.1) is 5.92 Å². The highest BCUT2D eigenvalue weighted by atomic mass is 16.6. The molecule has 1 aliphatic carbocycles. The fourth-order valence-corrected chi connectivity index (χ4v) is 4.55. The lowest BCUT2D eigenvalue weighted by Gasteiger charge is -2.37. The molecule has 6 heteroatoms. The van der Waals surface area contributed by atoms with Crippen LogP contribution in [0.25, 0.3) is 0 Å². The number of anilines is 1. The quantitative estimate of drug-likeness (QED) is 0.298. The van der Waals surface area contributed by atoms with Gasteiger partial charge in [0, 0.05) is 18.7 Å². The van der Waals surface area contributed by atoms with E-state index in [1.54, 1.807) is 13.2 Å². The van der Waals surface area contributed by atoms with Crippen LogP contribution in [0.2, 0.25) is 0 Å². The van der Waals surface area contributed by atoms with E-state index in [4.69, 9.17) is 18.9 Å². The second kappa shape index (κ2) is 11.0. The molecule has 0 aromatic heterocycles. The number of allylic oxidation sites excluding steroid dienone is 1. The summed E-state index contributed by atoms with van der Waals surface area (Å²) in [5.41, 5.74) is 1.92. The van der Waals surface area contributed by atoms with Gasteiger partial charge in [0.1, 0.15) is 25.0 Å². The normalized spacial score (nSPS) is 29.0. The zero-order valence-corrected chi connectivity index (χ0v) is 19.8. The lowest BCUT2D eigenvalue weighted by molar-refractivity contribution is -0.152. The van der Waals surface area contributed by atoms with E-state index in [1.807, 2.05) is 24.3 Å². The Bertz CT molecular complexity index is 801. The molecule has 0 radical (unpaired) electrons. The van der Waals surface area contributed by atoms with Crippen LogP contribution < -0.4 is 10.1 Å². The number of epoxide rings is 1. The molecular weight excluding hydrogens is 406 g/mol. The van der Waals surface area contributed by atoms with Gasteiger partial charge in [0.2, 0.25) is 0 Å². The van der Waals surface area contributed by atoms with Crippen LogP contribution in [0.4, 0.5) is 5.69 Å². The maximum absolute atomic E-state index is 12.5. The molecule has 32 heavy (non-hydrogen) atoms. The molecule has 1 aliphatic heterocycles. The molecule has 1 saturated carbocycles. The molecule has 6 nitrogen and oxygen atoms in total. The topological polar surface area (TPSA) is 69.3 Å². The highest BCUT2D eigenvalue weighted by molar-refractivity contribution is 5.75. The third-order valence-electron chi connectivity index (χ3n) is 6.45. The van der Waals surface area contributed by atoms with Crippen LogP contribution in [0.1, 0.15) is 46.5 Å². The van der Waals surface area contributed by atoms with Crippen molar-refractivity contribution in [3.8, 4) is 5.75 Å². The van der Waals surface area contributed by atoms with Gasteiger partial charge in [-0.2, -0.15) is 0 Å². The van der Waals surface area contributed by atoms with Crippen molar-refractivity contribution in [3.63, 3.8) is 0 Å². The second-order valence-electron chi connectivity index (χ2n) is 9.09. The van der Waals surface area contributed by atoms with Gasteiger partial charge in [0.25, 0.3) is 0 Å². The van der Waals surface area contributed by atoms with Crippen LogP contribution in [-0.4, -0.2) is 50.1 Å². The molecule has 1 aromatic rings. The third kappa shape index (κ3) is 6.36. The van der Waals surface area contributed by atoms with Crippen LogP contribution in [0.5, 0.6) is 5.75 Å². The van der Waals surface area contributed by atoms with Gasteiger partial charge >= 0.3 is 5.97 Å². The number of nitrogens with one attached hydrogen (secondary N) is 1. The molecule has 1 N–H and O–H groups in total. The Kier molecular flexibility index (Phi) is 8.38. The SMILES string of the molecule is C=CCOc1ccc(NCC(=O)O[C@@H]2CC[C@@H](OC)[C@@H]([C@@]3(C)O[C@@H]3CC=C(C)C)C2)cc1. The molecule has 2 fully saturated rings. The Balaban J connectivity index is 1.49. The smallest absolute Gasteiger partial charge is 0.325 e. The molecule has 0 bridgehead atoms. The minimum absolute atomic E-state index is 0.111. The van der Waals surface area contributed by atoms with Gasteiger partial charge in [-0.05, 0) is 70.7 Å². The van der Waals surface area contributed by atoms with Crippen LogP contribution in [0.3, 0.4) is 0 Å². The summed E-state index contributed by atoms with van der Waals surface area (Å²) in [7, 11) is 1.76. The molecular formula is C26H37NO5. The molecule has 176 valence electrons. The number of carbonyl (C=O) groups is 1. The zero-order chi connectivity index (χ0) is 23.1. The standard InChI is InChI=1S/C26H37NO5/c1-6-15-30-20-10-8-19(9-11-20)27-17-25(28)31-21-12-13-23(29-5)22(16-21)26(4)24(32-26)14-7-18(2)3/h6-11,21-24,27H,1,12-17H2,2-5H3/t21-,22+,23-,24-,26-/m1/s1. The molecule has 1 aromatic carbocycles. The maximum Gasteiger partial charge on any atom is 0.325 e. The third-order valence-corrected chi connectivity index (χ3v) is 6.45. The van der Waals surface area contributed by atoms with Crippen molar-refractivity contribution < 1.29 is 23.7 Å². The minimum Gasteiger partial charge on any atom is -0.490 e. The van der Waals surface area contributed by atoms with Crippen molar-refractivity contribution in [1.29, 1.82) is 0 Å². The summed E-state index contributed by atoms with van der Waals surface area (Å²) in [5, 5.41) is 3.12. The van der Waals surface area contributed by atoms with Gasteiger partial charge in [0.15, 0.2) is 0 Å². The number of methoxy groups -OCH3 is 1. The van der Waals surface area contributed by atoms with Gasteiger partial charge in [-0.1, -0.05) is 24.3 Å². The van der Waals surface area contributed by atoms with Crippen LogP contribution in [-0.2, 0) is 19.0 Å². The first-order chi connectivity index (χ1) is 15.4. The summed E-state index contributed by atoms with van der Waals surface area (Å²) in [6.45, 7) is 10.6. The largest absolute Gasteiger partial charge is 0.490 e. The zero-order valence-electron chi connectivity index (χ0n) is 19.8. The summed E-state index contributed by atoms with van der Waals surface area (Å²) in [6, 6.07) is 7.47. The van der Waals surface area contributed by atoms with Crippen LogP contribution in [0.15, 0.2) is 48.6 Å². The van der Waals surface area contributed by atoms with E-state index >= 15 is 0 Å². The molecule has 1 saturated heterocycles. The van der Waals surface area contributed by atoms with Gasteiger partial charge < -0.3 is 24.3 Å². The van der Waals surface area contributed by atoms with E-state index in [0.717, 1.165) is 37.1 Å². The summed E-state index contributed by atoms with van der Waals surface area (Å²) in [6.07, 6.45) is 7.51. The first-order valence-electron chi connectivity index (χ1n) is 11.5. The predicted octanol–water partition coefficient (Wildman–Crippen LogP) is 4.90. The Morgan fingerprint density at radius 2 is 2.03 bits per heavy atom. The van der Waals surface area contributed by atoms with Crippen molar-refractivity contribution in [2.45, 2.75) is 70.4 Å². The summed E-state index contributed by atoms with van der Waals surface area (Å²) < 4.78 is 23.2. The first-order valence-corrected chi connectivity index (χ1v) is 11.5. The number of carbonyl (C=O) groups excluding carboxylic acids is 1. The average molecular weight is 444 g/mol. The van der Waals surface area contributed by atoms with Gasteiger partial charge in [-0.25, -0.2) is 0 Å². The number of benzene rings is 1. The summed E-state index contributed by atoms with van der Waals surface area (Å²) in [4.78, 5) is 12.5. The maximum atomic E-state index is 12.5. The number of hydrogen-bond acceptors (Lipinski definition) is 6. The Morgan fingerprint density at radius 1 is 1.28 bits per heavy atom. The monoisotopic (exact) mass is 443 g/mol. The summed E-state index contributed by atoms with van der Waals surface area (Å²) >= 11 is 0.